The monoisotopic (exact) mass is 420 g/mol. The summed E-state index contributed by atoms with van der Waals surface area (Å²) in [4.78, 5) is 0. The summed E-state index contributed by atoms with van der Waals surface area (Å²) >= 11 is 0. The molecular formula is C31H29F. The maximum absolute atomic E-state index is 14.8. The van der Waals surface area contributed by atoms with Gasteiger partial charge in [-0.1, -0.05) is 104 Å². The molecule has 0 N–H and O–H groups in total. The van der Waals surface area contributed by atoms with Crippen molar-refractivity contribution in [3.8, 4) is 23.0 Å². The Morgan fingerprint density at radius 1 is 0.719 bits per heavy atom. The van der Waals surface area contributed by atoms with Crippen molar-refractivity contribution in [1.29, 1.82) is 0 Å². The van der Waals surface area contributed by atoms with Crippen LogP contribution in [0.1, 0.15) is 54.9 Å². The Morgan fingerprint density at radius 2 is 1.44 bits per heavy atom. The summed E-state index contributed by atoms with van der Waals surface area (Å²) in [5, 5.41) is 1.52. The highest BCUT2D eigenvalue weighted by Crippen LogP contribution is 2.23. The van der Waals surface area contributed by atoms with Crippen molar-refractivity contribution in [1.82, 2.24) is 0 Å². The number of hydrogen-bond acceptors (Lipinski definition) is 0. The first kappa shape index (κ1) is 21.8. The highest BCUT2D eigenvalue weighted by atomic mass is 19.1. The minimum absolute atomic E-state index is 0.249. The van der Waals surface area contributed by atoms with Gasteiger partial charge in [-0.05, 0) is 60.0 Å². The molecule has 0 aliphatic rings. The molecule has 4 aromatic rings. The molecule has 0 heterocycles. The van der Waals surface area contributed by atoms with Crippen LogP contribution in [-0.4, -0.2) is 0 Å². The third-order valence-electron chi connectivity index (χ3n) is 5.94. The van der Waals surface area contributed by atoms with E-state index >= 15 is 0 Å². The van der Waals surface area contributed by atoms with Gasteiger partial charge in [0.15, 0.2) is 0 Å². The summed E-state index contributed by atoms with van der Waals surface area (Å²) in [5.74, 6) is 5.87. The van der Waals surface area contributed by atoms with Gasteiger partial charge in [0.25, 0.3) is 0 Å². The van der Waals surface area contributed by atoms with Crippen molar-refractivity contribution in [3.05, 3.63) is 107 Å². The lowest BCUT2D eigenvalue weighted by Crippen LogP contribution is -1.88. The van der Waals surface area contributed by atoms with Gasteiger partial charge in [0.1, 0.15) is 5.82 Å². The standard InChI is InChI=1S/C31H29F/c1-3-4-5-6-7-24-9-14-26(15-10-24)27-16-11-25(12-17-27)13-18-28-19-20-29-22-23(2)8-21-30(29)31(28)32/h8-12,14-17,19-22H,3-7H2,1-2H3. The second kappa shape index (κ2) is 10.3. The van der Waals surface area contributed by atoms with Crippen LogP contribution in [0.15, 0.2) is 78.9 Å². The van der Waals surface area contributed by atoms with Crippen molar-refractivity contribution >= 4 is 10.8 Å². The van der Waals surface area contributed by atoms with Crippen molar-refractivity contribution in [2.45, 2.75) is 46.0 Å². The molecule has 0 unspecified atom stereocenters. The first-order chi connectivity index (χ1) is 15.6. The van der Waals surface area contributed by atoms with Crippen molar-refractivity contribution in [2.75, 3.05) is 0 Å². The van der Waals surface area contributed by atoms with Gasteiger partial charge >= 0.3 is 0 Å². The van der Waals surface area contributed by atoms with Crippen LogP contribution < -0.4 is 0 Å². The number of unbranched alkanes of at least 4 members (excludes halogenated alkanes) is 3. The maximum atomic E-state index is 14.8. The molecule has 0 bridgehead atoms. The smallest absolute Gasteiger partial charge is 0.146 e. The molecule has 0 saturated carbocycles. The first-order valence-corrected chi connectivity index (χ1v) is 11.5. The van der Waals surface area contributed by atoms with Gasteiger partial charge < -0.3 is 0 Å². The van der Waals surface area contributed by atoms with E-state index in [0.29, 0.717) is 10.9 Å². The van der Waals surface area contributed by atoms with E-state index in [9.17, 15) is 4.39 Å². The molecule has 32 heavy (non-hydrogen) atoms. The van der Waals surface area contributed by atoms with E-state index in [2.05, 4.69) is 55.2 Å². The van der Waals surface area contributed by atoms with Crippen LogP contribution in [0.25, 0.3) is 21.9 Å². The van der Waals surface area contributed by atoms with E-state index in [4.69, 9.17) is 0 Å². The highest BCUT2D eigenvalue weighted by Gasteiger charge is 2.05. The Labute approximate surface area is 191 Å². The molecule has 0 fully saturated rings. The van der Waals surface area contributed by atoms with E-state index in [-0.39, 0.29) is 5.82 Å². The van der Waals surface area contributed by atoms with Gasteiger partial charge in [-0.3, -0.25) is 0 Å². The molecule has 0 amide bonds. The predicted octanol–water partition coefficient (Wildman–Crippen LogP) is 8.48. The van der Waals surface area contributed by atoms with Gasteiger partial charge in [0.2, 0.25) is 0 Å². The van der Waals surface area contributed by atoms with Gasteiger partial charge in [-0.2, -0.15) is 0 Å². The van der Waals surface area contributed by atoms with E-state index in [1.165, 1.54) is 42.4 Å². The molecule has 1 heteroatoms. The molecule has 4 aromatic carbocycles. The van der Waals surface area contributed by atoms with Crippen LogP contribution in [0, 0.1) is 24.6 Å². The molecule has 0 nitrogen and oxygen atoms in total. The lowest BCUT2D eigenvalue weighted by Gasteiger charge is -2.05. The number of aryl methyl sites for hydroxylation is 2. The first-order valence-electron chi connectivity index (χ1n) is 11.5. The molecule has 4 rings (SSSR count). The average molecular weight is 421 g/mol. The lowest BCUT2D eigenvalue weighted by atomic mass is 10.00. The molecule has 0 radical (unpaired) electrons. The fourth-order valence-corrected chi connectivity index (χ4v) is 4.01. The van der Waals surface area contributed by atoms with Crippen LogP contribution in [0.2, 0.25) is 0 Å². The fourth-order valence-electron chi connectivity index (χ4n) is 4.01. The minimum atomic E-state index is -0.249. The van der Waals surface area contributed by atoms with E-state index in [1.807, 2.05) is 43.3 Å². The fraction of sp³-hybridized carbons (Fsp3) is 0.226. The summed E-state index contributed by atoms with van der Waals surface area (Å²) in [6.07, 6.45) is 6.32. The quantitative estimate of drug-likeness (QED) is 0.217. The Morgan fingerprint density at radius 3 is 2.16 bits per heavy atom. The van der Waals surface area contributed by atoms with Gasteiger partial charge in [0, 0.05) is 10.9 Å². The average Bonchev–Trinajstić information content (AvgIpc) is 2.82. The van der Waals surface area contributed by atoms with Crippen molar-refractivity contribution in [3.63, 3.8) is 0 Å². The molecule has 0 atom stereocenters. The van der Waals surface area contributed by atoms with Crippen LogP contribution >= 0.6 is 0 Å². The van der Waals surface area contributed by atoms with Crippen LogP contribution in [0.4, 0.5) is 4.39 Å². The molecule has 0 aliphatic carbocycles. The number of fused-ring (bicyclic) bond motifs is 1. The van der Waals surface area contributed by atoms with Crippen LogP contribution in [0.3, 0.4) is 0 Å². The molecule has 0 aromatic heterocycles. The molecule has 0 saturated heterocycles. The third-order valence-corrected chi connectivity index (χ3v) is 5.94. The van der Waals surface area contributed by atoms with Crippen molar-refractivity contribution in [2.24, 2.45) is 0 Å². The minimum Gasteiger partial charge on any atom is -0.205 e. The van der Waals surface area contributed by atoms with E-state index in [0.717, 1.165) is 22.9 Å². The predicted molar refractivity (Wildman–Crippen MR) is 134 cm³/mol. The number of rotatable bonds is 6. The van der Waals surface area contributed by atoms with Gasteiger partial charge in [0.05, 0.1) is 5.56 Å². The summed E-state index contributed by atoms with van der Waals surface area (Å²) in [6.45, 7) is 4.26. The number of halogens is 1. The zero-order valence-electron chi connectivity index (χ0n) is 18.9. The molecule has 0 aliphatic heterocycles. The Balaban J connectivity index is 1.46. The summed E-state index contributed by atoms with van der Waals surface area (Å²) in [6, 6.07) is 26.5. The summed E-state index contributed by atoms with van der Waals surface area (Å²) < 4.78 is 14.8. The van der Waals surface area contributed by atoms with Crippen LogP contribution in [-0.2, 0) is 6.42 Å². The van der Waals surface area contributed by atoms with E-state index < -0.39 is 0 Å². The van der Waals surface area contributed by atoms with Crippen LogP contribution in [0.5, 0.6) is 0 Å². The molecular weight excluding hydrogens is 391 g/mol. The van der Waals surface area contributed by atoms with Gasteiger partial charge in [-0.25, -0.2) is 4.39 Å². The SMILES string of the molecule is CCCCCCc1ccc(-c2ccc(C#Cc3ccc4cc(C)ccc4c3F)cc2)cc1. The lowest BCUT2D eigenvalue weighted by molar-refractivity contribution is 0.636. The third kappa shape index (κ3) is 5.27. The Bertz CT molecular complexity index is 1250. The Hall–Kier alpha value is -3.37. The number of hydrogen-bond donors (Lipinski definition) is 0. The number of benzene rings is 4. The molecule has 160 valence electrons. The zero-order chi connectivity index (χ0) is 22.3. The zero-order valence-corrected chi connectivity index (χ0v) is 18.9. The van der Waals surface area contributed by atoms with Gasteiger partial charge in [-0.15, -0.1) is 0 Å². The molecule has 0 spiro atoms. The topological polar surface area (TPSA) is 0 Å². The summed E-state index contributed by atoms with van der Waals surface area (Å²) in [7, 11) is 0. The second-order valence-electron chi connectivity index (χ2n) is 8.49. The van der Waals surface area contributed by atoms with E-state index in [1.54, 1.807) is 6.07 Å². The second-order valence-corrected chi connectivity index (χ2v) is 8.49. The Kier molecular flexibility index (Phi) is 7.03. The maximum Gasteiger partial charge on any atom is 0.146 e. The van der Waals surface area contributed by atoms with Crippen molar-refractivity contribution < 1.29 is 4.39 Å². The summed E-state index contributed by atoms with van der Waals surface area (Å²) in [5.41, 5.74) is 6.21. The highest BCUT2D eigenvalue weighted by molar-refractivity contribution is 5.85. The largest absolute Gasteiger partial charge is 0.205 e. The normalized spacial score (nSPS) is 10.7.